The Labute approximate surface area is 200 Å². The fourth-order valence-electron chi connectivity index (χ4n) is 3.26. The third-order valence-electron chi connectivity index (χ3n) is 5.05. The van der Waals surface area contributed by atoms with Gasteiger partial charge in [0.05, 0.1) is 10.4 Å². The van der Waals surface area contributed by atoms with E-state index in [-0.39, 0.29) is 22.3 Å². The quantitative estimate of drug-likeness (QED) is 0.294. The predicted molar refractivity (Wildman–Crippen MR) is 130 cm³/mol. The summed E-state index contributed by atoms with van der Waals surface area (Å²) in [5, 5.41) is 1.01. The maximum atomic E-state index is 13.3. The van der Waals surface area contributed by atoms with E-state index >= 15 is 0 Å². The molecule has 4 aromatic rings. The molecule has 4 rings (SSSR count). The van der Waals surface area contributed by atoms with E-state index in [1.54, 1.807) is 42.5 Å². The molecule has 0 radical (unpaired) electrons. The number of benzene rings is 3. The summed E-state index contributed by atoms with van der Waals surface area (Å²) < 4.78 is 17.3. The third kappa shape index (κ3) is 4.90. The summed E-state index contributed by atoms with van der Waals surface area (Å²) in [7, 11) is 0. The number of carbonyl (C=O) groups is 1. The molecule has 7 heteroatoms. The van der Waals surface area contributed by atoms with Crippen molar-refractivity contribution in [1.29, 1.82) is 0 Å². The van der Waals surface area contributed by atoms with Crippen LogP contribution in [0.15, 0.2) is 69.9 Å². The number of carbonyl (C=O) groups excluding carboxylic acids is 1. The van der Waals surface area contributed by atoms with Gasteiger partial charge in [0.2, 0.25) is 11.2 Å². The number of fused-ring (bicyclic) bond motifs is 1. The molecule has 0 saturated heterocycles. The first-order valence-corrected chi connectivity index (χ1v) is 11.0. The summed E-state index contributed by atoms with van der Waals surface area (Å²) >= 11 is 12.0. The van der Waals surface area contributed by atoms with Crippen molar-refractivity contribution in [2.45, 2.75) is 26.9 Å². The Morgan fingerprint density at radius 1 is 0.939 bits per heavy atom. The first-order chi connectivity index (χ1) is 15.7. The molecule has 0 aliphatic rings. The molecule has 1 unspecified atom stereocenters. The second-order valence-corrected chi connectivity index (χ2v) is 8.55. The van der Waals surface area contributed by atoms with Gasteiger partial charge < -0.3 is 13.9 Å². The van der Waals surface area contributed by atoms with Crippen LogP contribution in [-0.2, 0) is 4.79 Å². The lowest BCUT2D eigenvalue weighted by atomic mass is 10.1. The van der Waals surface area contributed by atoms with Crippen molar-refractivity contribution >= 4 is 40.1 Å². The fourth-order valence-corrected chi connectivity index (χ4v) is 3.72. The van der Waals surface area contributed by atoms with Gasteiger partial charge in [0.15, 0.2) is 11.9 Å². The zero-order chi connectivity index (χ0) is 23.7. The van der Waals surface area contributed by atoms with Crippen LogP contribution in [0.1, 0.15) is 18.1 Å². The van der Waals surface area contributed by atoms with Crippen molar-refractivity contribution in [1.82, 2.24) is 0 Å². The summed E-state index contributed by atoms with van der Waals surface area (Å²) in [5.74, 6) is -0.528. The van der Waals surface area contributed by atoms with Crippen molar-refractivity contribution in [3.63, 3.8) is 0 Å². The van der Waals surface area contributed by atoms with Crippen LogP contribution in [0.2, 0.25) is 10.0 Å². The van der Waals surface area contributed by atoms with Crippen molar-refractivity contribution in [3.05, 3.63) is 92.1 Å². The molecule has 0 aliphatic carbocycles. The van der Waals surface area contributed by atoms with E-state index in [2.05, 4.69) is 0 Å². The second kappa shape index (κ2) is 9.30. The van der Waals surface area contributed by atoms with Crippen molar-refractivity contribution in [2.24, 2.45) is 0 Å². The smallest absolute Gasteiger partial charge is 0.352 e. The summed E-state index contributed by atoms with van der Waals surface area (Å²) in [6.45, 7) is 5.36. The van der Waals surface area contributed by atoms with Crippen LogP contribution in [0.4, 0.5) is 0 Å². The highest BCUT2D eigenvalue weighted by molar-refractivity contribution is 6.35. The van der Waals surface area contributed by atoms with Crippen LogP contribution >= 0.6 is 23.2 Å². The number of esters is 1. The highest BCUT2D eigenvalue weighted by Gasteiger charge is 2.25. The minimum atomic E-state index is -1.05. The normalized spacial score (nSPS) is 11.9. The van der Waals surface area contributed by atoms with Crippen LogP contribution in [0.25, 0.3) is 22.3 Å². The molecular weight excluding hydrogens is 463 g/mol. The van der Waals surface area contributed by atoms with Crippen LogP contribution in [0.5, 0.6) is 11.5 Å². The molecule has 0 aliphatic heterocycles. The maximum Gasteiger partial charge on any atom is 0.352 e. The molecule has 168 valence electrons. The first kappa shape index (κ1) is 22.9. The molecule has 0 N–H and O–H groups in total. The van der Waals surface area contributed by atoms with E-state index in [0.717, 1.165) is 11.1 Å². The standard InChI is InChI=1S/C26H20Cl2O5/c1-14-4-7-17(8-5-14)24-25(23(29)19-10-6-15(2)12-22(19)32-24)33-26(30)16(3)31-21-11-9-18(27)13-20(21)28/h4-13,16H,1-3H3. The minimum Gasteiger partial charge on any atom is -0.477 e. The lowest BCUT2D eigenvalue weighted by molar-refractivity contribution is -0.141. The Morgan fingerprint density at radius 3 is 2.33 bits per heavy atom. The molecule has 5 nitrogen and oxygen atoms in total. The Bertz CT molecular complexity index is 1410. The van der Waals surface area contributed by atoms with Crippen LogP contribution < -0.4 is 14.9 Å². The number of ether oxygens (including phenoxy) is 2. The van der Waals surface area contributed by atoms with E-state index in [4.69, 9.17) is 37.1 Å². The largest absolute Gasteiger partial charge is 0.477 e. The summed E-state index contributed by atoms with van der Waals surface area (Å²) in [6, 6.07) is 17.3. The Balaban J connectivity index is 1.73. The monoisotopic (exact) mass is 482 g/mol. The Morgan fingerprint density at radius 2 is 1.64 bits per heavy atom. The molecular formula is C26H20Cl2O5. The minimum absolute atomic E-state index is 0.170. The van der Waals surface area contributed by atoms with E-state index in [0.29, 0.717) is 21.6 Å². The number of halogens is 2. The van der Waals surface area contributed by atoms with Crippen molar-refractivity contribution in [2.75, 3.05) is 0 Å². The fraction of sp³-hybridized carbons (Fsp3) is 0.154. The van der Waals surface area contributed by atoms with E-state index < -0.39 is 17.5 Å². The van der Waals surface area contributed by atoms with Gasteiger partial charge in [0, 0.05) is 10.6 Å². The number of hydrogen-bond acceptors (Lipinski definition) is 5. The van der Waals surface area contributed by atoms with Gasteiger partial charge in [-0.2, -0.15) is 0 Å². The van der Waals surface area contributed by atoms with Gasteiger partial charge in [-0.15, -0.1) is 0 Å². The average Bonchev–Trinajstić information content (AvgIpc) is 2.77. The summed E-state index contributed by atoms with van der Waals surface area (Å²) in [5.41, 5.74) is 2.55. The van der Waals surface area contributed by atoms with Gasteiger partial charge in [-0.3, -0.25) is 4.79 Å². The third-order valence-corrected chi connectivity index (χ3v) is 5.58. The van der Waals surface area contributed by atoms with Gasteiger partial charge in [0.25, 0.3) is 0 Å². The molecule has 1 heterocycles. The highest BCUT2D eigenvalue weighted by atomic mass is 35.5. The molecule has 33 heavy (non-hydrogen) atoms. The highest BCUT2D eigenvalue weighted by Crippen LogP contribution is 2.32. The molecule has 0 fully saturated rings. The van der Waals surface area contributed by atoms with Gasteiger partial charge in [-0.05, 0) is 56.7 Å². The number of rotatable bonds is 5. The van der Waals surface area contributed by atoms with Gasteiger partial charge in [-0.25, -0.2) is 4.79 Å². The second-order valence-electron chi connectivity index (χ2n) is 7.71. The van der Waals surface area contributed by atoms with Gasteiger partial charge in [-0.1, -0.05) is 59.1 Å². The molecule has 3 aromatic carbocycles. The average molecular weight is 483 g/mol. The Kier molecular flexibility index (Phi) is 6.45. The van der Waals surface area contributed by atoms with E-state index in [9.17, 15) is 9.59 Å². The predicted octanol–water partition coefficient (Wildman–Crippen LogP) is 6.76. The number of aryl methyl sites for hydroxylation is 2. The zero-order valence-corrected chi connectivity index (χ0v) is 19.7. The molecule has 1 atom stereocenters. The molecule has 0 bridgehead atoms. The van der Waals surface area contributed by atoms with E-state index in [1.807, 2.05) is 26.0 Å². The molecule has 0 spiro atoms. The van der Waals surface area contributed by atoms with Crippen LogP contribution in [0, 0.1) is 13.8 Å². The lowest BCUT2D eigenvalue weighted by Crippen LogP contribution is -2.30. The van der Waals surface area contributed by atoms with E-state index in [1.165, 1.54) is 13.0 Å². The van der Waals surface area contributed by atoms with Crippen molar-refractivity contribution in [3.8, 4) is 22.8 Å². The van der Waals surface area contributed by atoms with Gasteiger partial charge in [0.1, 0.15) is 11.3 Å². The van der Waals surface area contributed by atoms with Gasteiger partial charge >= 0.3 is 5.97 Å². The molecule has 0 amide bonds. The van der Waals surface area contributed by atoms with Crippen molar-refractivity contribution < 1.29 is 18.7 Å². The first-order valence-electron chi connectivity index (χ1n) is 10.2. The van der Waals surface area contributed by atoms with Crippen LogP contribution in [0.3, 0.4) is 0 Å². The summed E-state index contributed by atoms with van der Waals surface area (Å²) in [6.07, 6.45) is -1.05. The summed E-state index contributed by atoms with van der Waals surface area (Å²) in [4.78, 5) is 26.2. The molecule has 0 saturated carbocycles. The Hall–Kier alpha value is -3.28. The SMILES string of the molecule is Cc1ccc(-c2oc3cc(C)ccc3c(=O)c2OC(=O)C(C)Oc2ccc(Cl)cc2Cl)cc1. The number of hydrogen-bond donors (Lipinski definition) is 0. The zero-order valence-electron chi connectivity index (χ0n) is 18.1. The lowest BCUT2D eigenvalue weighted by Gasteiger charge is -2.16. The maximum absolute atomic E-state index is 13.3. The topological polar surface area (TPSA) is 65.7 Å². The molecule has 1 aromatic heterocycles. The van der Waals surface area contributed by atoms with Crippen LogP contribution in [-0.4, -0.2) is 12.1 Å².